The Morgan fingerprint density at radius 2 is 1.67 bits per heavy atom. The van der Waals surface area contributed by atoms with Crippen LogP contribution in [-0.4, -0.2) is 49.9 Å². The number of rotatable bonds is 8. The van der Waals surface area contributed by atoms with Crippen LogP contribution in [0, 0.1) is 0 Å². The minimum atomic E-state index is -0.780. The Labute approximate surface area is 178 Å². The second kappa shape index (κ2) is 9.85. The van der Waals surface area contributed by atoms with Crippen LogP contribution in [0.25, 0.3) is 0 Å². The van der Waals surface area contributed by atoms with Gasteiger partial charge in [0.05, 0.1) is 27.4 Å². The quantitative estimate of drug-likeness (QED) is 0.696. The van der Waals surface area contributed by atoms with Crippen LogP contribution in [0.1, 0.15) is 48.9 Å². The molecule has 0 aromatic heterocycles. The minimum absolute atomic E-state index is 0.231. The number of aryl methyl sites for hydroxylation is 1. The van der Waals surface area contributed by atoms with Gasteiger partial charge >= 0.3 is 5.97 Å². The van der Waals surface area contributed by atoms with E-state index in [9.17, 15) is 9.90 Å². The number of nitrogens with zero attached hydrogens (tertiary/aromatic N) is 1. The fourth-order valence-electron chi connectivity index (χ4n) is 4.30. The van der Waals surface area contributed by atoms with Crippen molar-refractivity contribution < 1.29 is 24.1 Å². The normalized spacial score (nSPS) is 17.9. The number of hydrogen-bond acceptors (Lipinski definition) is 5. The smallest absolute Gasteiger partial charge is 0.320 e. The van der Waals surface area contributed by atoms with Gasteiger partial charge in [0, 0.05) is 0 Å². The number of hydrogen-bond donors (Lipinski definition) is 1. The van der Waals surface area contributed by atoms with Crippen molar-refractivity contribution in [2.24, 2.45) is 0 Å². The van der Waals surface area contributed by atoms with E-state index in [0.717, 1.165) is 30.4 Å². The summed E-state index contributed by atoms with van der Waals surface area (Å²) >= 11 is 0. The molecule has 0 amide bonds. The number of carboxylic acid groups (broad SMARTS) is 1. The standard InChI is InChI=1S/C24H31NO5/c1-5-16-9-11-17(12-10-16)22(25-13-7-6-8-19(25)24(26)27)18-14-20(28-2)23(30-4)21(15-18)29-3/h9-12,14-15,19,22H,5-8,13H2,1-4H3,(H,26,27). The van der Waals surface area contributed by atoms with Crippen molar-refractivity contribution in [3.8, 4) is 17.2 Å². The molecule has 2 atom stereocenters. The van der Waals surface area contributed by atoms with Crippen LogP contribution in [-0.2, 0) is 11.2 Å². The molecule has 3 rings (SSSR count). The van der Waals surface area contributed by atoms with Crippen molar-refractivity contribution in [2.75, 3.05) is 27.9 Å². The second-order valence-corrected chi connectivity index (χ2v) is 7.54. The van der Waals surface area contributed by atoms with Gasteiger partial charge in [-0.15, -0.1) is 0 Å². The molecule has 0 bridgehead atoms. The van der Waals surface area contributed by atoms with E-state index in [2.05, 4.69) is 36.1 Å². The summed E-state index contributed by atoms with van der Waals surface area (Å²) in [5.74, 6) is 0.867. The van der Waals surface area contributed by atoms with Crippen LogP contribution in [0.3, 0.4) is 0 Å². The van der Waals surface area contributed by atoms with Crippen molar-refractivity contribution >= 4 is 5.97 Å². The van der Waals surface area contributed by atoms with Gasteiger partial charge in [-0.1, -0.05) is 37.6 Å². The zero-order chi connectivity index (χ0) is 21.7. The first-order chi connectivity index (χ1) is 14.5. The molecule has 2 aromatic rings. The summed E-state index contributed by atoms with van der Waals surface area (Å²) in [6, 6.07) is 11.5. The number of likely N-dealkylation sites (tertiary alicyclic amines) is 1. The van der Waals surface area contributed by atoms with Crippen LogP contribution in [0.5, 0.6) is 17.2 Å². The maximum atomic E-state index is 12.1. The Morgan fingerprint density at radius 3 is 2.17 bits per heavy atom. The Hall–Kier alpha value is -2.73. The third-order valence-corrected chi connectivity index (χ3v) is 5.87. The molecule has 1 aliphatic heterocycles. The van der Waals surface area contributed by atoms with Crippen molar-refractivity contribution in [1.29, 1.82) is 0 Å². The molecule has 2 aromatic carbocycles. The lowest BCUT2D eigenvalue weighted by Gasteiger charge is -2.40. The lowest BCUT2D eigenvalue weighted by atomic mass is 9.90. The lowest BCUT2D eigenvalue weighted by molar-refractivity contribution is -0.145. The Bertz CT molecular complexity index is 839. The molecule has 0 radical (unpaired) electrons. The summed E-state index contributed by atoms with van der Waals surface area (Å²) < 4.78 is 16.6. The number of ether oxygens (including phenoxy) is 3. The van der Waals surface area contributed by atoms with Gasteiger partial charge in [-0.3, -0.25) is 9.69 Å². The molecule has 0 saturated carbocycles. The van der Waals surface area contributed by atoms with E-state index in [1.807, 2.05) is 12.1 Å². The first-order valence-electron chi connectivity index (χ1n) is 10.4. The Morgan fingerprint density at radius 1 is 1.03 bits per heavy atom. The molecular weight excluding hydrogens is 382 g/mol. The third kappa shape index (κ3) is 4.38. The molecule has 30 heavy (non-hydrogen) atoms. The largest absolute Gasteiger partial charge is 0.493 e. The maximum absolute atomic E-state index is 12.1. The summed E-state index contributed by atoms with van der Waals surface area (Å²) in [5, 5.41) is 9.91. The molecule has 1 saturated heterocycles. The van der Waals surface area contributed by atoms with Crippen LogP contribution < -0.4 is 14.2 Å². The minimum Gasteiger partial charge on any atom is -0.493 e. The summed E-state index contributed by atoms with van der Waals surface area (Å²) in [7, 11) is 4.76. The van der Waals surface area contributed by atoms with Crippen LogP contribution in [0.4, 0.5) is 0 Å². The van der Waals surface area contributed by atoms with E-state index in [1.165, 1.54) is 5.56 Å². The molecule has 1 heterocycles. The fourth-order valence-corrected chi connectivity index (χ4v) is 4.30. The molecular formula is C24H31NO5. The van der Waals surface area contributed by atoms with Crippen LogP contribution in [0.15, 0.2) is 36.4 Å². The molecule has 6 nitrogen and oxygen atoms in total. The predicted octanol–water partition coefficient (Wildman–Crippen LogP) is 4.30. The van der Waals surface area contributed by atoms with Gasteiger partial charge < -0.3 is 19.3 Å². The maximum Gasteiger partial charge on any atom is 0.320 e. The van der Waals surface area contributed by atoms with E-state index < -0.39 is 12.0 Å². The molecule has 162 valence electrons. The topological polar surface area (TPSA) is 68.2 Å². The van der Waals surface area contributed by atoms with Gasteiger partial charge in [0.15, 0.2) is 11.5 Å². The van der Waals surface area contributed by atoms with E-state index in [-0.39, 0.29) is 6.04 Å². The summed E-state index contributed by atoms with van der Waals surface area (Å²) in [4.78, 5) is 14.2. The summed E-state index contributed by atoms with van der Waals surface area (Å²) in [6.45, 7) is 2.84. The molecule has 6 heteroatoms. The third-order valence-electron chi connectivity index (χ3n) is 5.87. The lowest BCUT2D eigenvalue weighted by Crippen LogP contribution is -2.46. The van der Waals surface area contributed by atoms with E-state index in [1.54, 1.807) is 21.3 Å². The van der Waals surface area contributed by atoms with Gasteiger partial charge in [0.2, 0.25) is 5.75 Å². The SMILES string of the molecule is CCc1ccc(C(c2cc(OC)c(OC)c(OC)c2)N2CCCCC2C(=O)O)cc1. The van der Waals surface area contributed by atoms with E-state index in [4.69, 9.17) is 14.2 Å². The van der Waals surface area contributed by atoms with Gasteiger partial charge in [-0.25, -0.2) is 0 Å². The molecule has 1 N–H and O–H groups in total. The van der Waals surface area contributed by atoms with Crippen molar-refractivity contribution in [1.82, 2.24) is 4.90 Å². The molecule has 0 spiro atoms. The zero-order valence-corrected chi connectivity index (χ0v) is 18.2. The fraction of sp³-hybridized carbons (Fsp3) is 0.458. The van der Waals surface area contributed by atoms with Crippen LogP contribution in [0.2, 0.25) is 0 Å². The zero-order valence-electron chi connectivity index (χ0n) is 18.2. The van der Waals surface area contributed by atoms with Gasteiger partial charge in [-0.2, -0.15) is 0 Å². The number of piperidine rings is 1. The number of aliphatic carboxylic acids is 1. The summed E-state index contributed by atoms with van der Waals surface area (Å²) in [6.07, 6.45) is 3.49. The van der Waals surface area contributed by atoms with Crippen molar-refractivity contribution in [3.63, 3.8) is 0 Å². The van der Waals surface area contributed by atoms with E-state index >= 15 is 0 Å². The van der Waals surface area contributed by atoms with E-state index in [0.29, 0.717) is 30.2 Å². The number of carboxylic acids is 1. The van der Waals surface area contributed by atoms with Gasteiger partial charge in [0.1, 0.15) is 6.04 Å². The molecule has 2 unspecified atom stereocenters. The molecule has 0 aliphatic carbocycles. The summed E-state index contributed by atoms with van der Waals surface area (Å²) in [5.41, 5.74) is 3.22. The first kappa shape index (κ1) is 22.0. The molecule has 1 fully saturated rings. The first-order valence-corrected chi connectivity index (χ1v) is 10.4. The highest BCUT2D eigenvalue weighted by Gasteiger charge is 2.36. The highest BCUT2D eigenvalue weighted by atomic mass is 16.5. The molecule has 1 aliphatic rings. The van der Waals surface area contributed by atoms with Crippen molar-refractivity contribution in [2.45, 2.75) is 44.7 Å². The predicted molar refractivity (Wildman–Crippen MR) is 116 cm³/mol. The number of benzene rings is 2. The van der Waals surface area contributed by atoms with Gasteiger partial charge in [-0.05, 0) is 54.6 Å². The monoisotopic (exact) mass is 413 g/mol. The van der Waals surface area contributed by atoms with Gasteiger partial charge in [0.25, 0.3) is 0 Å². The highest BCUT2D eigenvalue weighted by molar-refractivity contribution is 5.74. The average molecular weight is 414 g/mol. The Balaban J connectivity index is 2.17. The number of carbonyl (C=O) groups is 1. The number of methoxy groups -OCH3 is 3. The average Bonchev–Trinajstić information content (AvgIpc) is 2.79. The highest BCUT2D eigenvalue weighted by Crippen LogP contribution is 2.43. The van der Waals surface area contributed by atoms with Crippen molar-refractivity contribution in [3.05, 3.63) is 53.1 Å². The van der Waals surface area contributed by atoms with Crippen LogP contribution >= 0.6 is 0 Å². The second-order valence-electron chi connectivity index (χ2n) is 7.54. The Kier molecular flexibility index (Phi) is 7.21.